The van der Waals surface area contributed by atoms with Gasteiger partial charge in [-0.15, -0.1) is 0 Å². The number of anilines is 1. The molecule has 1 aliphatic rings. The summed E-state index contributed by atoms with van der Waals surface area (Å²) >= 11 is 18.3. The van der Waals surface area contributed by atoms with Crippen LogP contribution in [-0.2, 0) is 0 Å². The Hall–Kier alpha value is -2.66. The van der Waals surface area contributed by atoms with Gasteiger partial charge in [0.05, 0.1) is 27.1 Å². The van der Waals surface area contributed by atoms with Crippen molar-refractivity contribution in [2.24, 2.45) is 10.1 Å². The van der Waals surface area contributed by atoms with Crippen molar-refractivity contribution in [3.8, 4) is 0 Å². The summed E-state index contributed by atoms with van der Waals surface area (Å²) in [6, 6.07) is 19.1. The van der Waals surface area contributed by atoms with Crippen LogP contribution in [0.25, 0.3) is 6.08 Å². The SMILES string of the molecule is CC1=NN(c2ccccc2)C(=C\c2ccc(Cl)cc2)/C1=N\c1ncc(Cl)cc1Cl. The number of hydrogen-bond donors (Lipinski definition) is 0. The summed E-state index contributed by atoms with van der Waals surface area (Å²) in [5.41, 5.74) is 4.14. The average molecular weight is 442 g/mol. The summed E-state index contributed by atoms with van der Waals surface area (Å²) in [6.07, 6.45) is 3.53. The van der Waals surface area contributed by atoms with E-state index in [1.807, 2.05) is 72.6 Å². The minimum Gasteiger partial charge on any atom is -0.234 e. The van der Waals surface area contributed by atoms with Gasteiger partial charge in [-0.05, 0) is 48.9 Å². The topological polar surface area (TPSA) is 40.9 Å². The molecule has 0 atom stereocenters. The minimum absolute atomic E-state index is 0.377. The van der Waals surface area contributed by atoms with E-state index < -0.39 is 0 Å². The Balaban J connectivity index is 1.85. The van der Waals surface area contributed by atoms with Crippen molar-refractivity contribution in [1.82, 2.24) is 4.98 Å². The second kappa shape index (κ2) is 8.37. The monoisotopic (exact) mass is 440 g/mol. The molecule has 0 unspecified atom stereocenters. The maximum Gasteiger partial charge on any atom is 0.171 e. The number of rotatable bonds is 3. The molecule has 144 valence electrons. The van der Waals surface area contributed by atoms with Crippen molar-refractivity contribution < 1.29 is 0 Å². The first-order valence-corrected chi connectivity index (χ1v) is 9.93. The lowest BCUT2D eigenvalue weighted by Crippen LogP contribution is -2.16. The highest BCUT2D eigenvalue weighted by Crippen LogP contribution is 2.31. The number of nitrogens with zero attached hydrogens (tertiary/aromatic N) is 4. The van der Waals surface area contributed by atoms with Gasteiger partial charge in [-0.25, -0.2) is 15.0 Å². The lowest BCUT2D eigenvalue weighted by Gasteiger charge is -2.16. The Labute approximate surface area is 183 Å². The fourth-order valence-corrected chi connectivity index (χ4v) is 3.43. The Morgan fingerprint density at radius 2 is 1.66 bits per heavy atom. The molecule has 0 saturated heterocycles. The summed E-state index contributed by atoms with van der Waals surface area (Å²) in [6.45, 7) is 1.90. The predicted octanol–water partition coefficient (Wildman–Crippen LogP) is 7.05. The number of halogens is 3. The zero-order valence-electron chi connectivity index (χ0n) is 15.4. The van der Waals surface area contributed by atoms with E-state index in [0.29, 0.717) is 26.6 Å². The molecule has 0 spiro atoms. The number of allylic oxidation sites excluding steroid dienone is 1. The van der Waals surface area contributed by atoms with E-state index in [9.17, 15) is 0 Å². The highest BCUT2D eigenvalue weighted by atomic mass is 35.5. The molecule has 4 rings (SSSR count). The molecule has 3 aromatic rings. The molecular formula is C22H15Cl3N4. The summed E-state index contributed by atoms with van der Waals surface area (Å²) in [4.78, 5) is 8.96. The van der Waals surface area contributed by atoms with Gasteiger partial charge in [0, 0.05) is 11.2 Å². The first kappa shape index (κ1) is 19.6. The smallest absolute Gasteiger partial charge is 0.171 e. The Kier molecular flexibility index (Phi) is 5.67. The van der Waals surface area contributed by atoms with Gasteiger partial charge in [0.2, 0.25) is 0 Å². The Morgan fingerprint density at radius 1 is 0.931 bits per heavy atom. The molecule has 2 heterocycles. The van der Waals surface area contributed by atoms with Crippen LogP contribution in [0.1, 0.15) is 12.5 Å². The second-order valence-corrected chi connectivity index (χ2v) is 7.61. The number of hydrogen-bond acceptors (Lipinski definition) is 4. The number of aromatic nitrogens is 1. The molecule has 7 heteroatoms. The number of hydrazone groups is 1. The van der Waals surface area contributed by atoms with Gasteiger partial charge >= 0.3 is 0 Å². The molecule has 0 radical (unpaired) electrons. The molecule has 2 aromatic carbocycles. The highest BCUT2D eigenvalue weighted by Gasteiger charge is 2.27. The summed E-state index contributed by atoms with van der Waals surface area (Å²) < 4.78 is 0. The molecule has 1 aromatic heterocycles. The lowest BCUT2D eigenvalue weighted by molar-refractivity contribution is 1.08. The molecule has 0 amide bonds. The molecule has 0 fully saturated rings. The standard InChI is InChI=1S/C22H15Cl3N4/c1-14-21(27-22-19(25)12-17(24)13-26-22)20(11-15-7-9-16(23)10-8-15)29(28-14)18-5-3-2-4-6-18/h2-13H,1H3/b20-11-,27-21-. The molecule has 0 aliphatic carbocycles. The van der Waals surface area contributed by atoms with Gasteiger partial charge in [-0.3, -0.25) is 0 Å². The van der Waals surface area contributed by atoms with Gasteiger partial charge in [-0.1, -0.05) is 65.1 Å². The molecule has 0 bridgehead atoms. The number of pyridine rings is 1. The Morgan fingerprint density at radius 3 is 2.34 bits per heavy atom. The van der Waals surface area contributed by atoms with Crippen LogP contribution in [0, 0.1) is 0 Å². The minimum atomic E-state index is 0.377. The maximum atomic E-state index is 6.29. The maximum absolute atomic E-state index is 6.29. The molecule has 0 saturated carbocycles. The average Bonchev–Trinajstić information content (AvgIpc) is 3.02. The van der Waals surface area contributed by atoms with Crippen molar-refractivity contribution in [1.29, 1.82) is 0 Å². The molecule has 0 N–H and O–H groups in total. The van der Waals surface area contributed by atoms with Crippen LogP contribution in [0.3, 0.4) is 0 Å². The summed E-state index contributed by atoms with van der Waals surface area (Å²) in [7, 11) is 0. The normalized spacial score (nSPS) is 16.6. The number of aliphatic imine (C=N–C) groups is 1. The quantitative estimate of drug-likeness (QED) is 0.437. The van der Waals surface area contributed by atoms with E-state index in [1.165, 1.54) is 6.20 Å². The number of para-hydroxylation sites is 1. The highest BCUT2D eigenvalue weighted by molar-refractivity contribution is 6.51. The zero-order chi connectivity index (χ0) is 20.4. The van der Waals surface area contributed by atoms with Crippen LogP contribution < -0.4 is 5.01 Å². The van der Waals surface area contributed by atoms with Crippen molar-refractivity contribution >= 4 is 63.8 Å². The molecular weight excluding hydrogens is 427 g/mol. The van der Waals surface area contributed by atoms with Gasteiger partial charge in [-0.2, -0.15) is 5.10 Å². The largest absolute Gasteiger partial charge is 0.234 e. The van der Waals surface area contributed by atoms with Crippen LogP contribution in [0.15, 0.2) is 82.7 Å². The van der Waals surface area contributed by atoms with Crippen molar-refractivity contribution in [2.45, 2.75) is 6.92 Å². The van der Waals surface area contributed by atoms with Crippen LogP contribution >= 0.6 is 34.8 Å². The molecule has 1 aliphatic heterocycles. The first-order valence-electron chi connectivity index (χ1n) is 8.79. The third kappa shape index (κ3) is 4.35. The van der Waals surface area contributed by atoms with E-state index in [0.717, 1.165) is 22.7 Å². The van der Waals surface area contributed by atoms with Crippen molar-refractivity contribution in [2.75, 3.05) is 5.01 Å². The van der Waals surface area contributed by atoms with E-state index in [-0.39, 0.29) is 0 Å². The van der Waals surface area contributed by atoms with Gasteiger partial charge in [0.25, 0.3) is 0 Å². The van der Waals surface area contributed by atoms with E-state index in [4.69, 9.17) is 44.9 Å². The van der Waals surface area contributed by atoms with Crippen molar-refractivity contribution in [3.63, 3.8) is 0 Å². The van der Waals surface area contributed by atoms with Crippen LogP contribution in [-0.4, -0.2) is 16.4 Å². The lowest BCUT2D eigenvalue weighted by atomic mass is 10.1. The Bertz CT molecular complexity index is 1140. The summed E-state index contributed by atoms with van der Waals surface area (Å²) in [5.74, 6) is 0.387. The van der Waals surface area contributed by atoms with Crippen LogP contribution in [0.4, 0.5) is 11.5 Å². The molecule has 4 nitrogen and oxygen atoms in total. The zero-order valence-corrected chi connectivity index (χ0v) is 17.6. The van der Waals surface area contributed by atoms with Crippen LogP contribution in [0.5, 0.6) is 0 Å². The summed E-state index contributed by atoms with van der Waals surface area (Å²) in [5, 5.41) is 8.07. The molecule has 29 heavy (non-hydrogen) atoms. The van der Waals surface area contributed by atoms with E-state index in [1.54, 1.807) is 6.07 Å². The van der Waals surface area contributed by atoms with Gasteiger partial charge in [0.15, 0.2) is 5.82 Å². The van der Waals surface area contributed by atoms with Crippen molar-refractivity contribution in [3.05, 3.63) is 93.2 Å². The first-order chi connectivity index (χ1) is 14.0. The third-order valence-electron chi connectivity index (χ3n) is 4.24. The van der Waals surface area contributed by atoms with Gasteiger partial charge < -0.3 is 0 Å². The fraction of sp³-hybridized carbons (Fsp3) is 0.0455. The van der Waals surface area contributed by atoms with Gasteiger partial charge in [0.1, 0.15) is 5.71 Å². The second-order valence-electron chi connectivity index (χ2n) is 6.33. The third-order valence-corrected chi connectivity index (χ3v) is 4.98. The van der Waals surface area contributed by atoms with E-state index >= 15 is 0 Å². The fourth-order valence-electron chi connectivity index (χ4n) is 2.88. The van der Waals surface area contributed by atoms with Crippen LogP contribution in [0.2, 0.25) is 15.1 Å². The van der Waals surface area contributed by atoms with E-state index in [2.05, 4.69) is 4.98 Å². The number of benzene rings is 2. The predicted molar refractivity (Wildman–Crippen MR) is 123 cm³/mol.